The molecule has 2 aromatic rings. The van der Waals surface area contributed by atoms with Gasteiger partial charge in [-0.1, -0.05) is 32.8 Å². The van der Waals surface area contributed by atoms with Crippen molar-refractivity contribution in [3.63, 3.8) is 0 Å². The van der Waals surface area contributed by atoms with E-state index < -0.39 is 20.9 Å². The molecule has 0 unspecified atom stereocenters. The molecule has 0 fully saturated rings. The summed E-state index contributed by atoms with van der Waals surface area (Å²) in [6.07, 6.45) is 1.08. The van der Waals surface area contributed by atoms with E-state index in [-0.39, 0.29) is 17.5 Å². The number of hydrogen-bond donors (Lipinski definition) is 2. The number of nitrogens with zero attached hydrogens (tertiary/aromatic N) is 4. The van der Waals surface area contributed by atoms with Crippen LogP contribution < -0.4 is 10.6 Å². The summed E-state index contributed by atoms with van der Waals surface area (Å²) in [4.78, 5) is 16.4. The maximum absolute atomic E-state index is 11.9. The molecule has 0 aliphatic heterocycles. The van der Waals surface area contributed by atoms with Gasteiger partial charge in [-0.3, -0.25) is 9.35 Å². The first-order chi connectivity index (χ1) is 13.5. The highest BCUT2D eigenvalue weighted by atomic mass is 32.2. The molecule has 0 saturated heterocycles. The second-order valence-corrected chi connectivity index (χ2v) is 8.78. The van der Waals surface area contributed by atoms with Crippen LogP contribution in [-0.4, -0.2) is 37.0 Å². The van der Waals surface area contributed by atoms with Crippen LogP contribution in [0, 0.1) is 11.8 Å². The average molecular weight is 423 g/mol. The maximum Gasteiger partial charge on any atom is 0.341 e. The summed E-state index contributed by atoms with van der Waals surface area (Å²) in [7, 11) is -4.56. The standard InChI is InChI=1S/C18H25N5O5S/c1-11(2)9-23(10-12(3)4)13-5-6-14(16(7-13)29(25,26)27)21-22-18-20-8-15(28-18)17(19)24/h5-8,11-12H,9-10H2,1-4H3,(H2,19,24)(H,25,26,27). The molecule has 0 spiro atoms. The van der Waals surface area contributed by atoms with E-state index in [9.17, 15) is 17.8 Å². The Hall–Kier alpha value is -2.79. The zero-order valence-electron chi connectivity index (χ0n) is 16.7. The third kappa shape index (κ3) is 6.36. The molecule has 0 aliphatic rings. The van der Waals surface area contributed by atoms with Gasteiger partial charge in [0.25, 0.3) is 16.0 Å². The normalized spacial score (nSPS) is 12.2. The van der Waals surface area contributed by atoms with E-state index in [0.29, 0.717) is 17.5 Å². The zero-order valence-corrected chi connectivity index (χ0v) is 17.5. The molecule has 3 N–H and O–H groups in total. The highest BCUT2D eigenvalue weighted by Crippen LogP contribution is 2.31. The summed E-state index contributed by atoms with van der Waals surface area (Å²) >= 11 is 0. The molecule has 158 valence electrons. The number of primary amides is 1. The summed E-state index contributed by atoms with van der Waals surface area (Å²) in [5, 5.41) is 7.47. The van der Waals surface area contributed by atoms with Crippen molar-refractivity contribution in [3.05, 3.63) is 30.2 Å². The van der Waals surface area contributed by atoms with Gasteiger partial charge in [-0.25, -0.2) is 0 Å². The average Bonchev–Trinajstić information content (AvgIpc) is 3.07. The topological polar surface area (TPSA) is 151 Å². The van der Waals surface area contributed by atoms with Gasteiger partial charge in [-0.15, -0.1) is 5.11 Å². The smallest absolute Gasteiger partial charge is 0.341 e. The number of carbonyl (C=O) groups is 1. The van der Waals surface area contributed by atoms with E-state index in [1.54, 1.807) is 6.07 Å². The monoisotopic (exact) mass is 423 g/mol. The molecule has 1 aromatic carbocycles. The fourth-order valence-electron chi connectivity index (χ4n) is 2.68. The van der Waals surface area contributed by atoms with Crippen LogP contribution in [0.15, 0.2) is 43.9 Å². The summed E-state index contributed by atoms with van der Waals surface area (Å²) in [5.41, 5.74) is 5.62. The first-order valence-electron chi connectivity index (χ1n) is 9.01. The second-order valence-electron chi connectivity index (χ2n) is 7.39. The Morgan fingerprint density at radius 3 is 2.31 bits per heavy atom. The molecule has 10 nitrogen and oxygen atoms in total. The molecular weight excluding hydrogens is 398 g/mol. The number of hydrogen-bond acceptors (Lipinski definition) is 8. The number of rotatable bonds is 9. The SMILES string of the molecule is CC(C)CN(CC(C)C)c1ccc(N=Nc2ncc(C(N)=O)o2)c(S(=O)(=O)O)c1. The molecule has 1 amide bonds. The number of benzene rings is 1. The second kappa shape index (κ2) is 9.14. The Labute approximate surface area is 169 Å². The van der Waals surface area contributed by atoms with Gasteiger partial charge < -0.3 is 15.1 Å². The van der Waals surface area contributed by atoms with Crippen molar-refractivity contribution >= 4 is 33.4 Å². The fourth-order valence-corrected chi connectivity index (χ4v) is 3.32. The van der Waals surface area contributed by atoms with Crippen molar-refractivity contribution in [3.8, 4) is 0 Å². The number of oxazole rings is 1. The molecule has 0 atom stereocenters. The van der Waals surface area contributed by atoms with E-state index in [1.807, 2.05) is 0 Å². The summed E-state index contributed by atoms with van der Waals surface area (Å²) in [5.74, 6) is -0.321. The van der Waals surface area contributed by atoms with Crippen LogP contribution in [0.25, 0.3) is 0 Å². The first kappa shape index (κ1) is 22.5. The van der Waals surface area contributed by atoms with Gasteiger partial charge in [0.1, 0.15) is 10.6 Å². The van der Waals surface area contributed by atoms with Crippen molar-refractivity contribution in [2.45, 2.75) is 32.6 Å². The van der Waals surface area contributed by atoms with Crippen LogP contribution in [0.3, 0.4) is 0 Å². The largest absolute Gasteiger partial charge is 0.416 e. The predicted molar refractivity (Wildman–Crippen MR) is 107 cm³/mol. The molecule has 2 rings (SSSR count). The van der Waals surface area contributed by atoms with Crippen molar-refractivity contribution in [1.82, 2.24) is 4.98 Å². The lowest BCUT2D eigenvalue weighted by atomic mass is 10.1. The van der Waals surface area contributed by atoms with Crippen molar-refractivity contribution < 1.29 is 22.2 Å². The van der Waals surface area contributed by atoms with Gasteiger partial charge in [0, 0.05) is 18.8 Å². The fraction of sp³-hybridized carbons (Fsp3) is 0.444. The van der Waals surface area contributed by atoms with Gasteiger partial charge in [0.15, 0.2) is 0 Å². The Kier molecular flexibility index (Phi) is 7.09. The van der Waals surface area contributed by atoms with E-state index in [4.69, 9.17) is 10.2 Å². The van der Waals surface area contributed by atoms with E-state index in [0.717, 1.165) is 19.3 Å². The quantitative estimate of drug-likeness (QED) is 0.462. The van der Waals surface area contributed by atoms with Crippen molar-refractivity contribution in [1.29, 1.82) is 0 Å². The number of carbonyl (C=O) groups excluding carboxylic acids is 1. The molecule has 0 saturated carbocycles. The number of azo groups is 1. The van der Waals surface area contributed by atoms with Crippen molar-refractivity contribution in [2.75, 3.05) is 18.0 Å². The Morgan fingerprint density at radius 2 is 1.83 bits per heavy atom. The number of aromatic nitrogens is 1. The Bertz CT molecular complexity index is 988. The van der Waals surface area contributed by atoms with Crippen LogP contribution >= 0.6 is 0 Å². The summed E-state index contributed by atoms with van der Waals surface area (Å²) in [6.45, 7) is 9.70. The lowest BCUT2D eigenvalue weighted by Gasteiger charge is -2.29. The third-order valence-electron chi connectivity index (χ3n) is 3.74. The minimum absolute atomic E-state index is 0.0934. The number of amides is 1. The van der Waals surface area contributed by atoms with E-state index >= 15 is 0 Å². The molecule has 11 heteroatoms. The van der Waals surface area contributed by atoms with Crippen LogP contribution in [-0.2, 0) is 10.1 Å². The highest BCUT2D eigenvalue weighted by molar-refractivity contribution is 7.86. The zero-order chi connectivity index (χ0) is 21.8. The van der Waals surface area contributed by atoms with Crippen LogP contribution in [0.4, 0.5) is 17.4 Å². The minimum Gasteiger partial charge on any atom is -0.416 e. The predicted octanol–water partition coefficient (Wildman–Crippen LogP) is 3.55. The van der Waals surface area contributed by atoms with Gasteiger partial charge in [-0.05, 0) is 30.0 Å². The van der Waals surface area contributed by atoms with Crippen LogP contribution in [0.1, 0.15) is 38.2 Å². The molecule has 29 heavy (non-hydrogen) atoms. The Morgan fingerprint density at radius 1 is 1.21 bits per heavy atom. The maximum atomic E-state index is 11.9. The molecule has 1 aromatic heterocycles. The van der Waals surface area contributed by atoms with Gasteiger partial charge >= 0.3 is 6.01 Å². The molecule has 1 heterocycles. The molecule has 0 bridgehead atoms. The number of nitrogens with two attached hydrogens (primary N) is 1. The van der Waals surface area contributed by atoms with Gasteiger partial charge in [0.2, 0.25) is 5.76 Å². The Balaban J connectivity index is 2.43. The molecule has 0 radical (unpaired) electrons. The van der Waals surface area contributed by atoms with E-state index in [1.165, 1.54) is 12.1 Å². The van der Waals surface area contributed by atoms with Gasteiger partial charge in [-0.2, -0.15) is 13.4 Å². The van der Waals surface area contributed by atoms with E-state index in [2.05, 4.69) is 47.8 Å². The highest BCUT2D eigenvalue weighted by Gasteiger charge is 2.20. The van der Waals surface area contributed by atoms with Gasteiger partial charge in [0.05, 0.1) is 6.20 Å². The number of anilines is 1. The lowest BCUT2D eigenvalue weighted by Crippen LogP contribution is -2.31. The summed E-state index contributed by atoms with van der Waals surface area (Å²) < 4.78 is 38.5. The lowest BCUT2D eigenvalue weighted by molar-refractivity contribution is 0.0974. The molecule has 0 aliphatic carbocycles. The van der Waals surface area contributed by atoms with Crippen LogP contribution in [0.5, 0.6) is 0 Å². The minimum atomic E-state index is -4.56. The third-order valence-corrected chi connectivity index (χ3v) is 4.62. The molecular formula is C18H25N5O5S. The summed E-state index contributed by atoms with van der Waals surface area (Å²) in [6, 6.07) is 4.23. The van der Waals surface area contributed by atoms with Crippen LogP contribution in [0.2, 0.25) is 0 Å². The first-order valence-corrected chi connectivity index (χ1v) is 10.4. The van der Waals surface area contributed by atoms with Crippen molar-refractivity contribution in [2.24, 2.45) is 27.8 Å².